The van der Waals surface area contributed by atoms with Gasteiger partial charge in [-0.25, -0.2) is 13.4 Å². The molecule has 0 spiro atoms. The first-order valence-corrected chi connectivity index (χ1v) is 11.0. The van der Waals surface area contributed by atoms with E-state index in [0.29, 0.717) is 23.0 Å². The molecule has 4 rings (SSSR count). The number of hydrogen-bond acceptors (Lipinski definition) is 5. The standard InChI is InChI=1S/C20H21N3O4S/c1-13-9-16(14(2)23(13)15-7-8-28(26,27)12-15)19(24)11-22-18-6-4-3-5-17(18)21-10-20(22)25/h3-6,9-10,15H,7-8,11-12H2,1-2H3/t15-/m1/s1. The fraction of sp³-hybridized carbons (Fsp3) is 0.350. The molecule has 0 unspecified atom stereocenters. The van der Waals surface area contributed by atoms with Gasteiger partial charge in [0.15, 0.2) is 15.6 Å². The van der Waals surface area contributed by atoms with E-state index >= 15 is 0 Å². The highest BCUT2D eigenvalue weighted by atomic mass is 32.2. The van der Waals surface area contributed by atoms with Crippen molar-refractivity contribution in [2.45, 2.75) is 32.9 Å². The van der Waals surface area contributed by atoms with Crippen LogP contribution in [0.1, 0.15) is 34.2 Å². The summed E-state index contributed by atoms with van der Waals surface area (Å²) in [5.41, 5.74) is 3.05. The molecule has 2 aromatic heterocycles. The van der Waals surface area contributed by atoms with Crippen LogP contribution in [0.15, 0.2) is 41.3 Å². The van der Waals surface area contributed by atoms with Crippen molar-refractivity contribution in [3.05, 3.63) is 63.8 Å². The zero-order chi connectivity index (χ0) is 20.1. The number of hydrogen-bond donors (Lipinski definition) is 0. The van der Waals surface area contributed by atoms with Gasteiger partial charge in [0.05, 0.1) is 35.3 Å². The molecule has 1 aromatic carbocycles. The summed E-state index contributed by atoms with van der Waals surface area (Å²) in [6, 6.07) is 8.84. The van der Waals surface area contributed by atoms with Crippen molar-refractivity contribution in [2.75, 3.05) is 11.5 Å². The van der Waals surface area contributed by atoms with E-state index in [2.05, 4.69) is 4.98 Å². The van der Waals surface area contributed by atoms with Crippen molar-refractivity contribution >= 4 is 26.7 Å². The minimum Gasteiger partial charge on any atom is -0.344 e. The second kappa shape index (κ2) is 6.70. The van der Waals surface area contributed by atoms with E-state index in [9.17, 15) is 18.0 Å². The smallest absolute Gasteiger partial charge is 0.269 e. The molecule has 1 atom stereocenters. The van der Waals surface area contributed by atoms with E-state index < -0.39 is 9.84 Å². The van der Waals surface area contributed by atoms with Gasteiger partial charge in [-0.3, -0.25) is 14.2 Å². The lowest BCUT2D eigenvalue weighted by Gasteiger charge is -2.16. The molecule has 8 heteroatoms. The first kappa shape index (κ1) is 18.6. The van der Waals surface area contributed by atoms with Gasteiger partial charge in [-0.15, -0.1) is 0 Å². The molecule has 7 nitrogen and oxygen atoms in total. The van der Waals surface area contributed by atoms with E-state index in [-0.39, 0.29) is 35.4 Å². The number of ketones is 1. The molecule has 28 heavy (non-hydrogen) atoms. The third-order valence-corrected chi connectivity index (χ3v) is 7.16. The number of carbonyl (C=O) groups is 1. The second-order valence-electron chi connectivity index (χ2n) is 7.31. The van der Waals surface area contributed by atoms with Crippen LogP contribution in [-0.2, 0) is 16.4 Å². The minimum absolute atomic E-state index is 0.0882. The van der Waals surface area contributed by atoms with Gasteiger partial charge in [-0.05, 0) is 38.5 Å². The monoisotopic (exact) mass is 399 g/mol. The molecular formula is C20H21N3O4S. The van der Waals surface area contributed by atoms with Gasteiger partial charge >= 0.3 is 0 Å². The highest BCUT2D eigenvalue weighted by Gasteiger charge is 2.31. The van der Waals surface area contributed by atoms with Crippen molar-refractivity contribution < 1.29 is 13.2 Å². The number of para-hydroxylation sites is 2. The topological polar surface area (TPSA) is 91.0 Å². The van der Waals surface area contributed by atoms with Gasteiger partial charge in [0.1, 0.15) is 0 Å². The molecule has 0 bridgehead atoms. The number of carbonyl (C=O) groups excluding carboxylic acids is 1. The van der Waals surface area contributed by atoms with Crippen LogP contribution in [-0.4, -0.2) is 39.8 Å². The van der Waals surface area contributed by atoms with Crippen LogP contribution >= 0.6 is 0 Å². The molecule has 1 aliphatic heterocycles. The number of benzene rings is 1. The molecule has 0 amide bonds. The predicted molar refractivity (Wildman–Crippen MR) is 107 cm³/mol. The molecule has 3 aromatic rings. The Hall–Kier alpha value is -2.74. The van der Waals surface area contributed by atoms with E-state index in [1.54, 1.807) is 24.3 Å². The summed E-state index contributed by atoms with van der Waals surface area (Å²) in [6.45, 7) is 3.62. The Kier molecular flexibility index (Phi) is 4.45. The zero-order valence-corrected chi connectivity index (χ0v) is 16.6. The molecule has 0 N–H and O–H groups in total. The van der Waals surface area contributed by atoms with Gasteiger partial charge in [0.2, 0.25) is 0 Å². The van der Waals surface area contributed by atoms with Gasteiger partial charge in [0, 0.05) is 23.0 Å². The number of rotatable bonds is 4. The SMILES string of the molecule is Cc1cc(C(=O)Cn2c(=O)cnc3ccccc32)c(C)n1[C@@H]1CCS(=O)(=O)C1. The normalized spacial score (nSPS) is 18.6. The second-order valence-corrected chi connectivity index (χ2v) is 9.53. The van der Waals surface area contributed by atoms with E-state index in [4.69, 9.17) is 0 Å². The summed E-state index contributed by atoms with van der Waals surface area (Å²) in [4.78, 5) is 29.5. The van der Waals surface area contributed by atoms with Crippen molar-refractivity contribution in [1.82, 2.24) is 14.1 Å². The summed E-state index contributed by atoms with van der Waals surface area (Å²) in [5.74, 6) is 0.0978. The van der Waals surface area contributed by atoms with Crippen LogP contribution in [0.5, 0.6) is 0 Å². The molecular weight excluding hydrogens is 378 g/mol. The Morgan fingerprint density at radius 2 is 2.00 bits per heavy atom. The average Bonchev–Trinajstić information content (AvgIpc) is 3.15. The lowest BCUT2D eigenvalue weighted by atomic mass is 10.1. The highest BCUT2D eigenvalue weighted by molar-refractivity contribution is 7.91. The van der Waals surface area contributed by atoms with Gasteiger partial charge in [-0.2, -0.15) is 0 Å². The fourth-order valence-corrected chi connectivity index (χ4v) is 5.81. The summed E-state index contributed by atoms with van der Waals surface area (Å²) < 4.78 is 27.1. The Morgan fingerprint density at radius 1 is 1.25 bits per heavy atom. The molecule has 1 saturated heterocycles. The zero-order valence-electron chi connectivity index (χ0n) is 15.8. The summed E-state index contributed by atoms with van der Waals surface area (Å²) in [5, 5.41) is 0. The first-order chi connectivity index (χ1) is 13.3. The third kappa shape index (κ3) is 3.17. The Bertz CT molecular complexity index is 1250. The van der Waals surface area contributed by atoms with Crippen LogP contribution in [0.2, 0.25) is 0 Å². The quantitative estimate of drug-likeness (QED) is 0.626. The number of nitrogens with zero attached hydrogens (tertiary/aromatic N) is 3. The Labute approximate surface area is 162 Å². The number of fused-ring (bicyclic) bond motifs is 1. The largest absolute Gasteiger partial charge is 0.344 e. The molecule has 3 heterocycles. The maximum absolute atomic E-state index is 13.0. The maximum Gasteiger partial charge on any atom is 0.269 e. The van der Waals surface area contributed by atoms with Gasteiger partial charge < -0.3 is 4.57 Å². The summed E-state index contributed by atoms with van der Waals surface area (Å²) in [7, 11) is -3.02. The molecule has 146 valence electrons. The molecule has 0 aliphatic carbocycles. The fourth-order valence-electron chi connectivity index (χ4n) is 4.11. The molecule has 0 saturated carbocycles. The van der Waals surface area contributed by atoms with E-state index in [1.165, 1.54) is 10.8 Å². The van der Waals surface area contributed by atoms with Crippen LogP contribution < -0.4 is 5.56 Å². The van der Waals surface area contributed by atoms with E-state index in [1.807, 2.05) is 24.5 Å². The van der Waals surface area contributed by atoms with Crippen molar-refractivity contribution in [2.24, 2.45) is 0 Å². The van der Waals surface area contributed by atoms with Gasteiger partial charge in [-0.1, -0.05) is 12.1 Å². The number of aryl methyl sites for hydroxylation is 1. The van der Waals surface area contributed by atoms with Crippen molar-refractivity contribution in [3.63, 3.8) is 0 Å². The van der Waals surface area contributed by atoms with Crippen LogP contribution in [0, 0.1) is 13.8 Å². The van der Waals surface area contributed by atoms with Crippen LogP contribution in [0.4, 0.5) is 0 Å². The average molecular weight is 399 g/mol. The number of Topliss-reactive ketones (excluding diaryl/α,β-unsaturated/α-hetero) is 1. The van der Waals surface area contributed by atoms with Crippen LogP contribution in [0.25, 0.3) is 11.0 Å². The number of aromatic nitrogens is 3. The van der Waals surface area contributed by atoms with Gasteiger partial charge in [0.25, 0.3) is 5.56 Å². The highest BCUT2D eigenvalue weighted by Crippen LogP contribution is 2.29. The Morgan fingerprint density at radius 3 is 2.71 bits per heavy atom. The third-order valence-electron chi connectivity index (χ3n) is 5.41. The molecule has 1 fully saturated rings. The minimum atomic E-state index is -3.02. The van der Waals surface area contributed by atoms with Crippen molar-refractivity contribution in [1.29, 1.82) is 0 Å². The molecule has 0 radical (unpaired) electrons. The maximum atomic E-state index is 13.0. The summed E-state index contributed by atoms with van der Waals surface area (Å²) >= 11 is 0. The lowest BCUT2D eigenvalue weighted by molar-refractivity contribution is 0.0971. The Balaban J connectivity index is 1.70. The number of sulfone groups is 1. The molecule has 1 aliphatic rings. The summed E-state index contributed by atoms with van der Waals surface area (Å²) in [6.07, 6.45) is 1.78. The predicted octanol–water partition coefficient (Wildman–Crippen LogP) is 2.06. The van der Waals surface area contributed by atoms with E-state index in [0.717, 1.165) is 11.4 Å². The first-order valence-electron chi connectivity index (χ1n) is 9.13. The van der Waals surface area contributed by atoms with Crippen LogP contribution in [0.3, 0.4) is 0 Å². The lowest BCUT2D eigenvalue weighted by Crippen LogP contribution is -2.25. The van der Waals surface area contributed by atoms with Crippen molar-refractivity contribution in [3.8, 4) is 0 Å².